The zero-order valence-electron chi connectivity index (χ0n) is 11.6. The first-order chi connectivity index (χ1) is 9.71. The monoisotopic (exact) mass is 272 g/mol. The lowest BCUT2D eigenvalue weighted by Gasteiger charge is -2.48. The summed E-state index contributed by atoms with van der Waals surface area (Å²) in [4.78, 5) is 2.30. The smallest absolute Gasteiger partial charge is 0.0991 e. The van der Waals surface area contributed by atoms with E-state index in [4.69, 9.17) is 10.00 Å². The van der Waals surface area contributed by atoms with E-state index in [9.17, 15) is 5.11 Å². The number of rotatable bonds is 3. The third-order valence-electron chi connectivity index (χ3n) is 4.45. The van der Waals surface area contributed by atoms with Gasteiger partial charge in [-0.1, -0.05) is 12.1 Å². The van der Waals surface area contributed by atoms with Gasteiger partial charge >= 0.3 is 0 Å². The molecular formula is C16H20N2O2. The highest BCUT2D eigenvalue weighted by molar-refractivity contribution is 5.32. The van der Waals surface area contributed by atoms with Crippen LogP contribution >= 0.6 is 0 Å². The Labute approximate surface area is 119 Å². The molecule has 4 nitrogen and oxygen atoms in total. The number of morpholine rings is 1. The normalized spacial score (nSPS) is 23.0. The van der Waals surface area contributed by atoms with Crippen LogP contribution in [0.2, 0.25) is 0 Å². The van der Waals surface area contributed by atoms with Crippen LogP contribution in [-0.2, 0) is 4.74 Å². The Morgan fingerprint density at radius 1 is 1.35 bits per heavy atom. The Bertz CT molecular complexity index is 502. The second-order valence-corrected chi connectivity index (χ2v) is 5.87. The van der Waals surface area contributed by atoms with Gasteiger partial charge in [0.2, 0.25) is 0 Å². The SMILES string of the molecule is N#Cc1ccc(C(O)CN2CCOC3(CCC3)C2)cc1. The summed E-state index contributed by atoms with van der Waals surface area (Å²) in [5, 5.41) is 19.1. The van der Waals surface area contributed by atoms with Gasteiger partial charge in [-0.3, -0.25) is 4.90 Å². The van der Waals surface area contributed by atoms with E-state index in [0.717, 1.165) is 38.1 Å². The first-order valence-corrected chi connectivity index (χ1v) is 7.25. The maximum Gasteiger partial charge on any atom is 0.0991 e. The molecule has 1 spiro atoms. The molecule has 20 heavy (non-hydrogen) atoms. The van der Waals surface area contributed by atoms with Crippen molar-refractivity contribution < 1.29 is 9.84 Å². The zero-order chi connectivity index (χ0) is 14.0. The lowest BCUT2D eigenvalue weighted by Crippen LogP contribution is -2.56. The summed E-state index contributed by atoms with van der Waals surface area (Å²) in [5.41, 5.74) is 1.57. The van der Waals surface area contributed by atoms with E-state index < -0.39 is 6.10 Å². The Morgan fingerprint density at radius 2 is 2.10 bits per heavy atom. The fraction of sp³-hybridized carbons (Fsp3) is 0.562. The summed E-state index contributed by atoms with van der Waals surface area (Å²) in [6.07, 6.45) is 3.05. The third kappa shape index (κ3) is 2.71. The predicted molar refractivity (Wildman–Crippen MR) is 75.1 cm³/mol. The number of β-amino-alcohol motifs (C(OH)–C–C–N with tert-alkyl or cyclic N) is 1. The van der Waals surface area contributed by atoms with Crippen molar-refractivity contribution in [3.8, 4) is 6.07 Å². The minimum Gasteiger partial charge on any atom is -0.387 e. The van der Waals surface area contributed by atoms with Gasteiger partial charge < -0.3 is 9.84 Å². The molecule has 0 aromatic heterocycles. The first-order valence-electron chi connectivity index (χ1n) is 7.25. The van der Waals surface area contributed by atoms with Gasteiger partial charge in [0.05, 0.1) is 29.9 Å². The van der Waals surface area contributed by atoms with Gasteiger partial charge in [0.25, 0.3) is 0 Å². The molecule has 1 N–H and O–H groups in total. The zero-order valence-corrected chi connectivity index (χ0v) is 11.6. The molecule has 1 aromatic carbocycles. The van der Waals surface area contributed by atoms with Gasteiger partial charge in [-0.15, -0.1) is 0 Å². The fourth-order valence-electron chi connectivity index (χ4n) is 3.08. The second-order valence-electron chi connectivity index (χ2n) is 5.87. The van der Waals surface area contributed by atoms with Crippen LogP contribution in [0.5, 0.6) is 0 Å². The molecule has 1 unspecified atom stereocenters. The van der Waals surface area contributed by atoms with Gasteiger partial charge in [0.15, 0.2) is 0 Å². The molecule has 3 rings (SSSR count). The number of ether oxygens (including phenoxy) is 1. The largest absolute Gasteiger partial charge is 0.387 e. The van der Waals surface area contributed by atoms with Crippen molar-refractivity contribution >= 4 is 0 Å². The molecule has 1 aliphatic carbocycles. The number of benzene rings is 1. The second kappa shape index (κ2) is 5.53. The summed E-state index contributed by atoms with van der Waals surface area (Å²) in [5.74, 6) is 0. The highest BCUT2D eigenvalue weighted by Crippen LogP contribution is 2.38. The molecule has 0 bridgehead atoms. The van der Waals surface area contributed by atoms with E-state index in [1.54, 1.807) is 12.1 Å². The standard InChI is InChI=1S/C16H20N2O2/c17-10-13-2-4-14(5-3-13)15(19)11-18-8-9-20-16(12-18)6-1-7-16/h2-5,15,19H,1,6-9,11-12H2. The summed E-state index contributed by atoms with van der Waals surface area (Å²) >= 11 is 0. The Balaban J connectivity index is 1.60. The molecule has 0 amide bonds. The molecule has 0 radical (unpaired) electrons. The van der Waals surface area contributed by atoms with Gasteiger partial charge in [-0.25, -0.2) is 0 Å². The molecule has 1 saturated heterocycles. The van der Waals surface area contributed by atoms with Crippen LogP contribution in [0, 0.1) is 11.3 Å². The van der Waals surface area contributed by atoms with Gasteiger partial charge in [0, 0.05) is 19.6 Å². The van der Waals surface area contributed by atoms with Crippen molar-refractivity contribution in [2.45, 2.75) is 31.0 Å². The summed E-state index contributed by atoms with van der Waals surface area (Å²) < 4.78 is 5.89. The van der Waals surface area contributed by atoms with Crippen LogP contribution in [0.1, 0.15) is 36.5 Å². The molecule has 1 heterocycles. The quantitative estimate of drug-likeness (QED) is 0.912. The Kier molecular flexibility index (Phi) is 3.75. The minimum absolute atomic E-state index is 0.0721. The summed E-state index contributed by atoms with van der Waals surface area (Å²) in [6.45, 7) is 3.21. The van der Waals surface area contributed by atoms with Gasteiger partial charge in [-0.05, 0) is 37.0 Å². The van der Waals surface area contributed by atoms with E-state index in [1.165, 1.54) is 6.42 Å². The van der Waals surface area contributed by atoms with E-state index in [1.807, 2.05) is 12.1 Å². The minimum atomic E-state index is -0.502. The van der Waals surface area contributed by atoms with Gasteiger partial charge in [0.1, 0.15) is 0 Å². The van der Waals surface area contributed by atoms with Crippen LogP contribution < -0.4 is 0 Å². The molecule has 1 aliphatic heterocycles. The molecule has 4 heteroatoms. The van der Waals surface area contributed by atoms with Crippen LogP contribution in [0.25, 0.3) is 0 Å². The summed E-state index contributed by atoms with van der Waals surface area (Å²) in [6, 6.07) is 9.27. The van der Waals surface area contributed by atoms with Crippen molar-refractivity contribution in [1.29, 1.82) is 5.26 Å². The number of hydrogen-bond donors (Lipinski definition) is 1. The van der Waals surface area contributed by atoms with Crippen LogP contribution in [-0.4, -0.2) is 41.8 Å². The van der Waals surface area contributed by atoms with E-state index in [0.29, 0.717) is 12.1 Å². The van der Waals surface area contributed by atoms with Crippen LogP contribution in [0.4, 0.5) is 0 Å². The molecule has 106 valence electrons. The maximum atomic E-state index is 10.3. The van der Waals surface area contributed by atoms with Crippen molar-refractivity contribution in [2.75, 3.05) is 26.2 Å². The average molecular weight is 272 g/mol. The van der Waals surface area contributed by atoms with Crippen LogP contribution in [0.15, 0.2) is 24.3 Å². The van der Waals surface area contributed by atoms with Crippen molar-refractivity contribution in [3.63, 3.8) is 0 Å². The van der Waals surface area contributed by atoms with Crippen molar-refractivity contribution in [3.05, 3.63) is 35.4 Å². The molecule has 2 aliphatic rings. The summed E-state index contributed by atoms with van der Waals surface area (Å²) in [7, 11) is 0. The highest BCUT2D eigenvalue weighted by atomic mass is 16.5. The first kappa shape index (κ1) is 13.6. The lowest BCUT2D eigenvalue weighted by molar-refractivity contribution is -0.155. The number of hydrogen-bond acceptors (Lipinski definition) is 4. The molecular weight excluding hydrogens is 252 g/mol. The number of nitriles is 1. The molecule has 2 fully saturated rings. The molecule has 1 saturated carbocycles. The van der Waals surface area contributed by atoms with Gasteiger partial charge in [-0.2, -0.15) is 5.26 Å². The topological polar surface area (TPSA) is 56.5 Å². The van der Waals surface area contributed by atoms with Crippen molar-refractivity contribution in [1.82, 2.24) is 4.90 Å². The average Bonchev–Trinajstić information content (AvgIpc) is 2.46. The third-order valence-corrected chi connectivity index (χ3v) is 4.45. The maximum absolute atomic E-state index is 10.3. The number of nitrogens with zero attached hydrogens (tertiary/aromatic N) is 2. The van der Waals surface area contributed by atoms with E-state index >= 15 is 0 Å². The lowest BCUT2D eigenvalue weighted by atomic mass is 9.79. The Hall–Kier alpha value is -1.41. The molecule has 1 aromatic rings. The number of aliphatic hydroxyl groups is 1. The predicted octanol–water partition coefficient (Wildman–Crippen LogP) is 1.85. The highest BCUT2D eigenvalue weighted by Gasteiger charge is 2.42. The fourth-order valence-corrected chi connectivity index (χ4v) is 3.08. The van der Waals surface area contributed by atoms with Crippen molar-refractivity contribution in [2.24, 2.45) is 0 Å². The van der Waals surface area contributed by atoms with Crippen LogP contribution in [0.3, 0.4) is 0 Å². The number of aliphatic hydroxyl groups excluding tert-OH is 1. The Morgan fingerprint density at radius 3 is 2.70 bits per heavy atom. The van der Waals surface area contributed by atoms with E-state index in [2.05, 4.69) is 11.0 Å². The molecule has 1 atom stereocenters. The van der Waals surface area contributed by atoms with E-state index in [-0.39, 0.29) is 5.60 Å².